The number of hydrogen-bond donors (Lipinski definition) is 3. The van der Waals surface area contributed by atoms with Gasteiger partial charge in [0.05, 0.1) is 0 Å². The zero-order chi connectivity index (χ0) is 17.5. The number of amides is 2. The van der Waals surface area contributed by atoms with E-state index < -0.39 is 0 Å². The lowest BCUT2D eigenvalue weighted by atomic mass is 10.0. The number of rotatable bonds is 6. The van der Waals surface area contributed by atoms with Crippen molar-refractivity contribution in [3.8, 4) is 0 Å². The fourth-order valence-corrected chi connectivity index (χ4v) is 2.41. The van der Waals surface area contributed by atoms with Crippen molar-refractivity contribution in [1.82, 2.24) is 15.5 Å². The van der Waals surface area contributed by atoms with Crippen LogP contribution in [-0.2, 0) is 12.8 Å². The summed E-state index contributed by atoms with van der Waals surface area (Å²) in [6.45, 7) is 8.06. The lowest BCUT2D eigenvalue weighted by Crippen LogP contribution is -2.34. The van der Waals surface area contributed by atoms with Crippen LogP contribution in [0.4, 0.5) is 22.1 Å². The van der Waals surface area contributed by atoms with Crippen molar-refractivity contribution in [1.29, 1.82) is 0 Å². The van der Waals surface area contributed by atoms with Gasteiger partial charge in [-0.25, -0.2) is 4.79 Å². The number of aromatic nitrogens is 2. The topological polar surface area (TPSA) is 78.9 Å². The van der Waals surface area contributed by atoms with Crippen LogP contribution >= 0.6 is 0 Å². The van der Waals surface area contributed by atoms with Gasteiger partial charge in [-0.05, 0) is 49.9 Å². The van der Waals surface area contributed by atoms with Gasteiger partial charge in [-0.15, -0.1) is 10.2 Å². The molecule has 0 spiro atoms. The normalized spacial score (nSPS) is 10.5. The highest BCUT2D eigenvalue weighted by Gasteiger charge is 2.09. The Labute approximate surface area is 143 Å². The summed E-state index contributed by atoms with van der Waals surface area (Å²) in [6, 6.07) is 9.62. The third-order valence-electron chi connectivity index (χ3n) is 3.58. The van der Waals surface area contributed by atoms with Gasteiger partial charge < -0.3 is 10.6 Å². The molecule has 0 aliphatic heterocycles. The molecule has 6 nitrogen and oxygen atoms in total. The lowest BCUT2D eigenvalue weighted by Gasteiger charge is -2.15. The van der Waals surface area contributed by atoms with Gasteiger partial charge in [0, 0.05) is 11.7 Å². The molecule has 0 aliphatic carbocycles. The van der Waals surface area contributed by atoms with E-state index >= 15 is 0 Å². The Bertz CT molecular complexity index is 660. The molecule has 0 bridgehead atoms. The molecule has 1 heterocycles. The van der Waals surface area contributed by atoms with Crippen molar-refractivity contribution in [3.63, 3.8) is 0 Å². The van der Waals surface area contributed by atoms with E-state index in [9.17, 15) is 4.79 Å². The predicted molar refractivity (Wildman–Crippen MR) is 97.8 cm³/mol. The predicted octanol–water partition coefficient (Wildman–Crippen LogP) is 3.87. The molecule has 0 atom stereocenters. The molecule has 6 heteroatoms. The van der Waals surface area contributed by atoms with E-state index in [0.29, 0.717) is 11.6 Å². The second kappa shape index (κ2) is 8.29. The monoisotopic (exact) mass is 327 g/mol. The molecule has 24 heavy (non-hydrogen) atoms. The Morgan fingerprint density at radius 2 is 1.58 bits per heavy atom. The number of carbonyl (C=O) groups is 1. The van der Waals surface area contributed by atoms with Crippen LogP contribution in [0.15, 0.2) is 30.3 Å². The summed E-state index contributed by atoms with van der Waals surface area (Å²) in [6.07, 6.45) is 1.89. The van der Waals surface area contributed by atoms with Gasteiger partial charge in [0.25, 0.3) is 0 Å². The number of para-hydroxylation sites is 1. The van der Waals surface area contributed by atoms with Crippen LogP contribution in [0.1, 0.15) is 38.8 Å². The summed E-state index contributed by atoms with van der Waals surface area (Å²) in [5.41, 5.74) is 3.58. The Kier molecular flexibility index (Phi) is 6.12. The molecular weight excluding hydrogens is 302 g/mol. The fourth-order valence-electron chi connectivity index (χ4n) is 2.41. The van der Waals surface area contributed by atoms with Crippen molar-refractivity contribution < 1.29 is 4.79 Å². The molecule has 0 aliphatic rings. The fraction of sp³-hybridized carbons (Fsp3) is 0.389. The van der Waals surface area contributed by atoms with Crippen LogP contribution in [0.25, 0.3) is 0 Å². The number of hydrogen-bond acceptors (Lipinski definition) is 4. The summed E-state index contributed by atoms with van der Waals surface area (Å²) in [5, 5.41) is 17.0. The highest BCUT2D eigenvalue weighted by molar-refractivity contribution is 5.88. The van der Waals surface area contributed by atoms with Crippen molar-refractivity contribution in [2.24, 2.45) is 0 Å². The molecule has 2 aromatic rings. The highest BCUT2D eigenvalue weighted by atomic mass is 16.2. The van der Waals surface area contributed by atoms with Crippen molar-refractivity contribution in [3.05, 3.63) is 41.5 Å². The van der Waals surface area contributed by atoms with Crippen LogP contribution in [0, 0.1) is 0 Å². The first kappa shape index (κ1) is 17.7. The molecule has 2 rings (SSSR count). The summed E-state index contributed by atoms with van der Waals surface area (Å²) in [5.74, 6) is 1.07. The van der Waals surface area contributed by atoms with E-state index in [1.54, 1.807) is 6.07 Å². The number of carbonyl (C=O) groups excluding carboxylic acids is 1. The van der Waals surface area contributed by atoms with Gasteiger partial charge in [-0.1, -0.05) is 32.0 Å². The van der Waals surface area contributed by atoms with Gasteiger partial charge in [-0.3, -0.25) is 5.32 Å². The van der Waals surface area contributed by atoms with Crippen LogP contribution < -0.4 is 16.0 Å². The molecule has 1 aromatic carbocycles. The number of nitrogens with zero attached hydrogens (tertiary/aromatic N) is 2. The molecule has 0 radical (unpaired) electrons. The molecule has 2 amide bonds. The van der Waals surface area contributed by atoms with Gasteiger partial charge in [0.2, 0.25) is 0 Å². The highest BCUT2D eigenvalue weighted by Crippen LogP contribution is 2.25. The van der Waals surface area contributed by atoms with E-state index in [4.69, 9.17) is 0 Å². The van der Waals surface area contributed by atoms with E-state index in [2.05, 4.69) is 58.2 Å². The molecule has 0 saturated carbocycles. The lowest BCUT2D eigenvalue weighted by molar-refractivity contribution is 0.250. The van der Waals surface area contributed by atoms with Crippen molar-refractivity contribution in [2.45, 2.75) is 46.6 Å². The van der Waals surface area contributed by atoms with Crippen molar-refractivity contribution >= 4 is 23.4 Å². The molecular formula is C18H25N5O. The Balaban J connectivity index is 2.11. The zero-order valence-electron chi connectivity index (χ0n) is 14.7. The maximum atomic E-state index is 11.7. The summed E-state index contributed by atoms with van der Waals surface area (Å²) >= 11 is 0. The molecule has 0 saturated heterocycles. The van der Waals surface area contributed by atoms with Crippen LogP contribution in [-0.4, -0.2) is 22.3 Å². The number of urea groups is 1. The van der Waals surface area contributed by atoms with Gasteiger partial charge in [0.1, 0.15) is 0 Å². The van der Waals surface area contributed by atoms with E-state index in [1.807, 2.05) is 19.9 Å². The number of anilines is 3. The van der Waals surface area contributed by atoms with E-state index in [0.717, 1.165) is 18.5 Å². The van der Waals surface area contributed by atoms with Crippen LogP contribution in [0.5, 0.6) is 0 Å². The summed E-state index contributed by atoms with van der Waals surface area (Å²) in [7, 11) is 0. The maximum absolute atomic E-state index is 11.7. The summed E-state index contributed by atoms with van der Waals surface area (Å²) < 4.78 is 0. The second-order valence-corrected chi connectivity index (χ2v) is 5.84. The Hall–Kier alpha value is -2.63. The smallest absolute Gasteiger partial charge is 0.320 e. The minimum atomic E-state index is -0.287. The van der Waals surface area contributed by atoms with Crippen LogP contribution in [0.3, 0.4) is 0 Å². The first-order valence-electron chi connectivity index (χ1n) is 8.32. The standard InChI is InChI=1S/C18H25N5O/c1-5-13-8-7-9-14(6-2)17(13)20-15-10-11-16(23-22-15)21-18(24)19-12(3)4/h7-12H,5-6H2,1-4H3,(H,20,22)(H2,19,21,23,24). The van der Waals surface area contributed by atoms with Crippen molar-refractivity contribution in [2.75, 3.05) is 10.6 Å². The molecule has 128 valence electrons. The summed E-state index contributed by atoms with van der Waals surface area (Å²) in [4.78, 5) is 11.7. The minimum absolute atomic E-state index is 0.0666. The first-order chi connectivity index (χ1) is 11.5. The number of nitrogens with one attached hydrogen (secondary N) is 3. The minimum Gasteiger partial charge on any atom is -0.338 e. The SMILES string of the molecule is CCc1cccc(CC)c1Nc1ccc(NC(=O)NC(C)C)nn1. The number of benzene rings is 1. The van der Waals surface area contributed by atoms with Gasteiger partial charge in [0.15, 0.2) is 11.6 Å². The molecule has 0 unspecified atom stereocenters. The third-order valence-corrected chi connectivity index (χ3v) is 3.58. The largest absolute Gasteiger partial charge is 0.338 e. The quantitative estimate of drug-likeness (QED) is 0.752. The third kappa shape index (κ3) is 4.68. The molecule has 0 fully saturated rings. The van der Waals surface area contributed by atoms with Gasteiger partial charge >= 0.3 is 6.03 Å². The molecule has 1 aromatic heterocycles. The van der Waals surface area contributed by atoms with Gasteiger partial charge in [-0.2, -0.15) is 0 Å². The first-order valence-corrected chi connectivity index (χ1v) is 8.32. The van der Waals surface area contributed by atoms with Crippen LogP contribution in [0.2, 0.25) is 0 Å². The Morgan fingerprint density at radius 1 is 1.00 bits per heavy atom. The average Bonchev–Trinajstić information content (AvgIpc) is 2.56. The zero-order valence-corrected chi connectivity index (χ0v) is 14.7. The maximum Gasteiger partial charge on any atom is 0.320 e. The number of aryl methyl sites for hydroxylation is 2. The second-order valence-electron chi connectivity index (χ2n) is 5.84. The average molecular weight is 327 g/mol. The van der Waals surface area contributed by atoms with E-state index in [1.165, 1.54) is 11.1 Å². The van der Waals surface area contributed by atoms with E-state index in [-0.39, 0.29) is 12.1 Å². The molecule has 3 N–H and O–H groups in total. The Morgan fingerprint density at radius 3 is 2.08 bits per heavy atom.